The molecule has 0 fully saturated rings. The summed E-state index contributed by atoms with van der Waals surface area (Å²) in [5.74, 6) is 0. The van der Waals surface area contributed by atoms with Gasteiger partial charge in [0.2, 0.25) is 0 Å². The number of nitrogens with zero attached hydrogens (tertiary/aromatic N) is 2. The third-order valence-electron chi connectivity index (χ3n) is 3.64. The van der Waals surface area contributed by atoms with Gasteiger partial charge in [0.05, 0.1) is 17.5 Å². The normalized spacial score (nSPS) is 12.4. The number of benzene rings is 1. The summed E-state index contributed by atoms with van der Waals surface area (Å²) in [6, 6.07) is 8.29. The van der Waals surface area contributed by atoms with Crippen LogP contribution in [0.2, 0.25) is 0 Å². The Morgan fingerprint density at radius 1 is 1.10 bits per heavy atom. The molecule has 3 heteroatoms. The zero-order valence-electron chi connectivity index (χ0n) is 12.6. The molecule has 2 aromatic rings. The molecule has 0 aliphatic carbocycles. The smallest absolute Gasteiger partial charge is 0.0849 e. The first-order chi connectivity index (χ1) is 9.51. The summed E-state index contributed by atoms with van der Waals surface area (Å²) in [6.07, 6.45) is 0.873. The molecule has 0 aliphatic heterocycles. The largest absolute Gasteiger partial charge is 0.388 e. The average Bonchev–Trinajstić information content (AvgIpc) is 2.42. The zero-order valence-corrected chi connectivity index (χ0v) is 12.6. The van der Waals surface area contributed by atoms with Gasteiger partial charge in [-0.3, -0.25) is 0 Å². The van der Waals surface area contributed by atoms with Gasteiger partial charge in [-0.1, -0.05) is 30.7 Å². The molecule has 1 heterocycles. The first kappa shape index (κ1) is 14.7. The molecular weight excluding hydrogens is 248 g/mol. The number of aliphatic hydroxyl groups excluding tert-OH is 1. The van der Waals surface area contributed by atoms with Crippen molar-refractivity contribution >= 4 is 0 Å². The van der Waals surface area contributed by atoms with Gasteiger partial charge in [0.1, 0.15) is 0 Å². The van der Waals surface area contributed by atoms with E-state index in [1.54, 1.807) is 0 Å². The molecule has 3 nitrogen and oxygen atoms in total. The minimum absolute atomic E-state index is 0.528. The molecule has 1 aromatic carbocycles. The van der Waals surface area contributed by atoms with E-state index in [0.717, 1.165) is 23.4 Å². The lowest BCUT2D eigenvalue weighted by Crippen LogP contribution is -2.09. The fourth-order valence-corrected chi connectivity index (χ4v) is 2.44. The Kier molecular flexibility index (Phi) is 4.50. The molecule has 0 spiro atoms. The summed E-state index contributed by atoms with van der Waals surface area (Å²) in [4.78, 5) is 0. The first-order valence-corrected chi connectivity index (χ1v) is 7.08. The maximum absolute atomic E-state index is 10.6. The molecule has 1 unspecified atom stereocenters. The van der Waals surface area contributed by atoms with Crippen molar-refractivity contribution in [3.05, 3.63) is 57.9 Å². The summed E-state index contributed by atoms with van der Waals surface area (Å²) < 4.78 is 0. The first-order valence-electron chi connectivity index (χ1n) is 7.08. The van der Waals surface area contributed by atoms with Crippen LogP contribution in [-0.4, -0.2) is 15.3 Å². The van der Waals surface area contributed by atoms with Crippen LogP contribution in [0.25, 0.3) is 0 Å². The third kappa shape index (κ3) is 3.23. The number of aromatic nitrogens is 2. The number of hydrogen-bond donors (Lipinski definition) is 1. The Bertz CT molecular complexity index is 608. The van der Waals surface area contributed by atoms with E-state index < -0.39 is 6.10 Å². The van der Waals surface area contributed by atoms with E-state index in [1.165, 1.54) is 16.7 Å². The quantitative estimate of drug-likeness (QED) is 0.927. The molecule has 0 bridgehead atoms. The molecule has 106 valence electrons. The fourth-order valence-electron chi connectivity index (χ4n) is 2.44. The van der Waals surface area contributed by atoms with Crippen LogP contribution >= 0.6 is 0 Å². The summed E-state index contributed by atoms with van der Waals surface area (Å²) in [5.41, 5.74) is 6.25. The van der Waals surface area contributed by atoms with Crippen molar-refractivity contribution in [2.75, 3.05) is 0 Å². The van der Waals surface area contributed by atoms with Crippen LogP contribution in [0.15, 0.2) is 24.3 Å². The maximum Gasteiger partial charge on any atom is 0.0849 e. The van der Waals surface area contributed by atoms with Crippen molar-refractivity contribution < 1.29 is 5.11 Å². The SMILES string of the molecule is CCc1nnc(C)cc1C(O)Cc1cc(C)ccc1C. The predicted molar refractivity (Wildman–Crippen MR) is 80.7 cm³/mol. The van der Waals surface area contributed by atoms with Crippen molar-refractivity contribution in [3.63, 3.8) is 0 Å². The topological polar surface area (TPSA) is 46.0 Å². The summed E-state index contributed by atoms with van der Waals surface area (Å²) in [7, 11) is 0. The average molecular weight is 270 g/mol. The van der Waals surface area contributed by atoms with E-state index in [-0.39, 0.29) is 0 Å². The van der Waals surface area contributed by atoms with Crippen LogP contribution in [0.1, 0.15) is 46.7 Å². The van der Waals surface area contributed by atoms with Gasteiger partial charge < -0.3 is 5.11 Å². The standard InChI is InChI=1S/C17H22N2O/c1-5-16-15(9-13(4)18-19-16)17(20)10-14-8-11(2)6-7-12(14)3/h6-9,17,20H,5,10H2,1-4H3. The van der Waals surface area contributed by atoms with E-state index in [0.29, 0.717) is 6.42 Å². The van der Waals surface area contributed by atoms with E-state index in [1.807, 2.05) is 19.9 Å². The highest BCUT2D eigenvalue weighted by Crippen LogP contribution is 2.23. The molecule has 1 N–H and O–H groups in total. The minimum atomic E-state index is -0.528. The molecule has 0 saturated carbocycles. The van der Waals surface area contributed by atoms with Crippen molar-refractivity contribution in [2.45, 2.75) is 46.6 Å². The zero-order chi connectivity index (χ0) is 14.7. The van der Waals surface area contributed by atoms with Gasteiger partial charge in [-0.05, 0) is 44.4 Å². The molecule has 1 atom stereocenters. The Morgan fingerprint density at radius 3 is 2.55 bits per heavy atom. The lowest BCUT2D eigenvalue weighted by atomic mass is 9.95. The molecular formula is C17H22N2O. The Hall–Kier alpha value is -1.74. The van der Waals surface area contributed by atoms with Crippen molar-refractivity contribution in [1.29, 1.82) is 0 Å². The van der Waals surface area contributed by atoms with Crippen LogP contribution in [0.3, 0.4) is 0 Å². The second-order valence-corrected chi connectivity index (χ2v) is 5.39. The van der Waals surface area contributed by atoms with Gasteiger partial charge in [0.25, 0.3) is 0 Å². The monoisotopic (exact) mass is 270 g/mol. The van der Waals surface area contributed by atoms with Crippen molar-refractivity contribution in [1.82, 2.24) is 10.2 Å². The Balaban J connectivity index is 2.30. The van der Waals surface area contributed by atoms with E-state index in [2.05, 4.69) is 42.2 Å². The predicted octanol–water partition coefficient (Wildman–Crippen LogP) is 3.24. The maximum atomic E-state index is 10.6. The van der Waals surface area contributed by atoms with Crippen LogP contribution in [-0.2, 0) is 12.8 Å². The summed E-state index contributed by atoms with van der Waals surface area (Å²) >= 11 is 0. The highest BCUT2D eigenvalue weighted by molar-refractivity contribution is 5.33. The molecule has 0 radical (unpaired) electrons. The van der Waals surface area contributed by atoms with E-state index in [4.69, 9.17) is 0 Å². The van der Waals surface area contributed by atoms with Crippen molar-refractivity contribution in [2.24, 2.45) is 0 Å². The summed E-state index contributed by atoms with van der Waals surface area (Å²) in [5, 5.41) is 18.8. The third-order valence-corrected chi connectivity index (χ3v) is 3.64. The second kappa shape index (κ2) is 6.14. The van der Waals surface area contributed by atoms with Crippen molar-refractivity contribution in [3.8, 4) is 0 Å². The van der Waals surface area contributed by atoms with E-state index >= 15 is 0 Å². The lowest BCUT2D eigenvalue weighted by Gasteiger charge is -2.16. The molecule has 2 rings (SSSR count). The number of hydrogen-bond acceptors (Lipinski definition) is 3. The van der Waals surface area contributed by atoms with Gasteiger partial charge in [-0.25, -0.2) is 0 Å². The molecule has 20 heavy (non-hydrogen) atoms. The number of aryl methyl sites for hydroxylation is 4. The Labute approximate surface area is 120 Å². The van der Waals surface area contributed by atoms with Gasteiger partial charge in [-0.2, -0.15) is 10.2 Å². The van der Waals surface area contributed by atoms with Crippen LogP contribution in [0, 0.1) is 20.8 Å². The van der Waals surface area contributed by atoms with E-state index in [9.17, 15) is 5.11 Å². The van der Waals surface area contributed by atoms with Crippen LogP contribution in [0.4, 0.5) is 0 Å². The number of rotatable bonds is 4. The second-order valence-electron chi connectivity index (χ2n) is 5.39. The molecule has 0 amide bonds. The molecule has 0 aliphatic rings. The Morgan fingerprint density at radius 2 is 1.85 bits per heavy atom. The van der Waals surface area contributed by atoms with Gasteiger partial charge in [0.15, 0.2) is 0 Å². The fraction of sp³-hybridized carbons (Fsp3) is 0.412. The highest BCUT2D eigenvalue weighted by Gasteiger charge is 2.15. The highest BCUT2D eigenvalue weighted by atomic mass is 16.3. The van der Waals surface area contributed by atoms with Crippen LogP contribution < -0.4 is 0 Å². The van der Waals surface area contributed by atoms with Crippen LogP contribution in [0.5, 0.6) is 0 Å². The number of aliphatic hydroxyl groups is 1. The van der Waals surface area contributed by atoms with Gasteiger partial charge in [-0.15, -0.1) is 0 Å². The van der Waals surface area contributed by atoms with Gasteiger partial charge >= 0.3 is 0 Å². The van der Waals surface area contributed by atoms with Gasteiger partial charge in [0, 0.05) is 12.0 Å². The molecule has 1 aromatic heterocycles. The summed E-state index contributed by atoms with van der Waals surface area (Å²) in [6.45, 7) is 8.09. The lowest BCUT2D eigenvalue weighted by molar-refractivity contribution is 0.176. The molecule has 0 saturated heterocycles. The minimum Gasteiger partial charge on any atom is -0.388 e.